The van der Waals surface area contributed by atoms with Crippen molar-refractivity contribution in [3.05, 3.63) is 66.0 Å². The van der Waals surface area contributed by atoms with Crippen molar-refractivity contribution in [3.63, 3.8) is 0 Å². The number of likely N-dealkylation sites (tertiary alicyclic amines) is 1. The minimum absolute atomic E-state index is 0.0999. The largest absolute Gasteiger partial charge is 0.345 e. The second-order valence-corrected chi connectivity index (χ2v) is 5.70. The van der Waals surface area contributed by atoms with Gasteiger partial charge in [0.05, 0.1) is 23.4 Å². The molecule has 4 heteroatoms. The summed E-state index contributed by atoms with van der Waals surface area (Å²) in [5.41, 5.74) is 3.73. The average Bonchev–Trinajstić information content (AvgIpc) is 3.23. The first kappa shape index (κ1) is 13.1. The van der Waals surface area contributed by atoms with E-state index in [-0.39, 0.29) is 11.9 Å². The molecular weight excluding hydrogens is 274 g/mol. The number of imidazole rings is 1. The number of carbonyl (C=O) groups is 1. The van der Waals surface area contributed by atoms with E-state index in [4.69, 9.17) is 0 Å². The Morgan fingerprint density at radius 2 is 2.05 bits per heavy atom. The van der Waals surface area contributed by atoms with Crippen LogP contribution in [-0.2, 0) is 0 Å². The molecule has 0 aliphatic carbocycles. The van der Waals surface area contributed by atoms with Crippen LogP contribution in [-0.4, -0.2) is 27.3 Å². The zero-order chi connectivity index (χ0) is 14.9. The fraction of sp³-hybridized carbons (Fsp3) is 0.222. The van der Waals surface area contributed by atoms with Crippen LogP contribution in [0.25, 0.3) is 11.0 Å². The summed E-state index contributed by atoms with van der Waals surface area (Å²) in [6.07, 6.45) is 3.74. The first-order valence-electron chi connectivity index (χ1n) is 7.62. The number of nitrogens with one attached hydrogen (secondary N) is 1. The Morgan fingerprint density at radius 3 is 2.91 bits per heavy atom. The number of fused-ring (bicyclic) bond motifs is 1. The molecule has 1 N–H and O–H groups in total. The van der Waals surface area contributed by atoms with Crippen LogP contribution in [0, 0.1) is 0 Å². The van der Waals surface area contributed by atoms with Crippen LogP contribution >= 0.6 is 0 Å². The van der Waals surface area contributed by atoms with Gasteiger partial charge in [-0.15, -0.1) is 0 Å². The number of aromatic nitrogens is 2. The second kappa shape index (κ2) is 5.30. The van der Waals surface area contributed by atoms with Crippen molar-refractivity contribution < 1.29 is 4.79 Å². The number of amides is 1. The van der Waals surface area contributed by atoms with Crippen LogP contribution in [0.15, 0.2) is 54.9 Å². The Hall–Kier alpha value is -2.62. The fourth-order valence-corrected chi connectivity index (χ4v) is 3.27. The number of aromatic amines is 1. The van der Waals surface area contributed by atoms with Crippen molar-refractivity contribution in [1.29, 1.82) is 0 Å². The van der Waals surface area contributed by atoms with Gasteiger partial charge in [0.1, 0.15) is 0 Å². The lowest BCUT2D eigenvalue weighted by Gasteiger charge is -2.25. The molecule has 1 aliphatic rings. The van der Waals surface area contributed by atoms with Gasteiger partial charge in [-0.2, -0.15) is 0 Å². The van der Waals surface area contributed by atoms with E-state index in [0.717, 1.165) is 36.0 Å². The van der Waals surface area contributed by atoms with E-state index in [1.807, 2.05) is 41.3 Å². The third-order valence-corrected chi connectivity index (χ3v) is 4.37. The quantitative estimate of drug-likeness (QED) is 0.785. The predicted molar refractivity (Wildman–Crippen MR) is 85.5 cm³/mol. The third kappa shape index (κ3) is 2.17. The minimum atomic E-state index is 0.0999. The van der Waals surface area contributed by atoms with Gasteiger partial charge in [-0.25, -0.2) is 4.98 Å². The van der Waals surface area contributed by atoms with Crippen LogP contribution in [0.3, 0.4) is 0 Å². The molecule has 2 aromatic carbocycles. The van der Waals surface area contributed by atoms with E-state index in [9.17, 15) is 4.79 Å². The molecular formula is C18H17N3O. The molecule has 0 radical (unpaired) electrons. The molecule has 1 aromatic heterocycles. The lowest BCUT2D eigenvalue weighted by atomic mass is 10.0. The standard InChI is InChI=1S/C18H17N3O/c22-18(14-8-9-15-16(11-14)20-12-19-15)21-10-4-7-17(21)13-5-2-1-3-6-13/h1-3,5-6,8-9,11-12,17H,4,7,10H2,(H,19,20)/t17-/m1/s1. The van der Waals surface area contributed by atoms with Gasteiger partial charge in [-0.1, -0.05) is 30.3 Å². The Labute approximate surface area is 128 Å². The summed E-state index contributed by atoms with van der Waals surface area (Å²) in [6.45, 7) is 0.819. The number of hydrogen-bond acceptors (Lipinski definition) is 2. The zero-order valence-corrected chi connectivity index (χ0v) is 12.2. The van der Waals surface area contributed by atoms with E-state index >= 15 is 0 Å². The van der Waals surface area contributed by atoms with Crippen LogP contribution in [0.5, 0.6) is 0 Å². The highest BCUT2D eigenvalue weighted by Gasteiger charge is 2.30. The predicted octanol–water partition coefficient (Wildman–Crippen LogP) is 3.54. The first-order valence-corrected chi connectivity index (χ1v) is 7.62. The minimum Gasteiger partial charge on any atom is -0.345 e. The monoisotopic (exact) mass is 291 g/mol. The molecule has 1 aliphatic heterocycles. The number of benzene rings is 2. The fourth-order valence-electron chi connectivity index (χ4n) is 3.27. The molecule has 0 spiro atoms. The number of nitrogens with zero attached hydrogens (tertiary/aromatic N) is 2. The molecule has 1 amide bonds. The molecule has 110 valence electrons. The lowest BCUT2D eigenvalue weighted by Crippen LogP contribution is -2.30. The maximum Gasteiger partial charge on any atom is 0.254 e. The van der Waals surface area contributed by atoms with Gasteiger partial charge in [-0.3, -0.25) is 4.79 Å². The molecule has 22 heavy (non-hydrogen) atoms. The zero-order valence-electron chi connectivity index (χ0n) is 12.2. The van der Waals surface area contributed by atoms with E-state index < -0.39 is 0 Å². The maximum atomic E-state index is 12.9. The molecule has 1 atom stereocenters. The van der Waals surface area contributed by atoms with E-state index in [1.165, 1.54) is 5.56 Å². The molecule has 1 saturated heterocycles. The Morgan fingerprint density at radius 1 is 1.18 bits per heavy atom. The summed E-state index contributed by atoms with van der Waals surface area (Å²) in [6, 6.07) is 16.1. The summed E-state index contributed by atoms with van der Waals surface area (Å²) in [5, 5.41) is 0. The van der Waals surface area contributed by atoms with Gasteiger partial charge in [0.25, 0.3) is 5.91 Å². The van der Waals surface area contributed by atoms with Gasteiger partial charge in [0, 0.05) is 12.1 Å². The smallest absolute Gasteiger partial charge is 0.254 e. The van der Waals surface area contributed by atoms with Crippen LogP contribution in [0.2, 0.25) is 0 Å². The number of hydrogen-bond donors (Lipinski definition) is 1. The summed E-state index contributed by atoms with van der Waals surface area (Å²) < 4.78 is 0. The van der Waals surface area contributed by atoms with Gasteiger partial charge in [0.15, 0.2) is 0 Å². The summed E-state index contributed by atoms with van der Waals surface area (Å²) in [7, 11) is 0. The molecule has 0 unspecified atom stereocenters. The number of carbonyl (C=O) groups excluding carboxylic acids is 1. The van der Waals surface area contributed by atoms with Crippen LogP contribution < -0.4 is 0 Å². The number of H-pyrrole nitrogens is 1. The third-order valence-electron chi connectivity index (χ3n) is 4.37. The second-order valence-electron chi connectivity index (χ2n) is 5.70. The highest BCUT2D eigenvalue weighted by Crippen LogP contribution is 2.33. The molecule has 3 aromatic rings. The van der Waals surface area contributed by atoms with Crippen molar-refractivity contribution in [1.82, 2.24) is 14.9 Å². The topological polar surface area (TPSA) is 49.0 Å². The molecule has 4 nitrogen and oxygen atoms in total. The van der Waals surface area contributed by atoms with Crippen molar-refractivity contribution in [2.45, 2.75) is 18.9 Å². The highest BCUT2D eigenvalue weighted by atomic mass is 16.2. The van der Waals surface area contributed by atoms with Crippen LogP contribution in [0.1, 0.15) is 34.8 Å². The van der Waals surface area contributed by atoms with Gasteiger partial charge >= 0.3 is 0 Å². The molecule has 2 heterocycles. The molecule has 1 fully saturated rings. The molecule has 0 saturated carbocycles. The van der Waals surface area contributed by atoms with Crippen LogP contribution in [0.4, 0.5) is 0 Å². The molecule has 4 rings (SSSR count). The van der Waals surface area contributed by atoms with Gasteiger partial charge in [0.2, 0.25) is 0 Å². The van der Waals surface area contributed by atoms with E-state index in [2.05, 4.69) is 22.1 Å². The maximum absolute atomic E-state index is 12.9. The Balaban J connectivity index is 1.66. The van der Waals surface area contributed by atoms with E-state index in [1.54, 1.807) is 6.33 Å². The summed E-state index contributed by atoms with van der Waals surface area (Å²) in [4.78, 5) is 22.1. The Kier molecular flexibility index (Phi) is 3.15. The van der Waals surface area contributed by atoms with Crippen molar-refractivity contribution in [2.24, 2.45) is 0 Å². The lowest BCUT2D eigenvalue weighted by molar-refractivity contribution is 0.0736. The average molecular weight is 291 g/mol. The normalized spacial score (nSPS) is 18.0. The van der Waals surface area contributed by atoms with Crippen molar-refractivity contribution in [2.75, 3.05) is 6.54 Å². The van der Waals surface area contributed by atoms with E-state index in [0.29, 0.717) is 0 Å². The van der Waals surface area contributed by atoms with Gasteiger partial charge in [-0.05, 0) is 36.6 Å². The van der Waals surface area contributed by atoms with Gasteiger partial charge < -0.3 is 9.88 Å². The summed E-state index contributed by atoms with van der Waals surface area (Å²) >= 11 is 0. The summed E-state index contributed by atoms with van der Waals surface area (Å²) in [5.74, 6) is 0.0999. The molecule has 0 bridgehead atoms. The number of rotatable bonds is 2. The Bertz CT molecular complexity index is 809. The van der Waals surface area contributed by atoms with Crippen molar-refractivity contribution >= 4 is 16.9 Å². The highest BCUT2D eigenvalue weighted by molar-refractivity contribution is 5.97. The SMILES string of the molecule is O=C(c1ccc2nc[nH]c2c1)N1CCC[C@@H]1c1ccccc1. The van der Waals surface area contributed by atoms with Crippen molar-refractivity contribution in [3.8, 4) is 0 Å². The first-order chi connectivity index (χ1) is 10.8.